The summed E-state index contributed by atoms with van der Waals surface area (Å²) in [6.07, 6.45) is 7.03. The molecule has 2 aliphatic heterocycles. The molecule has 6 heteroatoms. The molecule has 1 aromatic heterocycles. The zero-order valence-electron chi connectivity index (χ0n) is 19.0. The second kappa shape index (κ2) is 9.43. The molecule has 0 saturated carbocycles. The van der Waals surface area contributed by atoms with Crippen LogP contribution in [0.2, 0.25) is 0 Å². The van der Waals surface area contributed by atoms with Crippen molar-refractivity contribution in [2.45, 2.75) is 58.4 Å². The number of ether oxygens (including phenoxy) is 1. The predicted octanol–water partition coefficient (Wildman–Crippen LogP) is 3.77. The van der Waals surface area contributed by atoms with Crippen molar-refractivity contribution in [2.75, 3.05) is 33.3 Å². The molecule has 2 saturated heterocycles. The Balaban J connectivity index is 1.40. The fourth-order valence-electron chi connectivity index (χ4n) is 5.35. The van der Waals surface area contributed by atoms with E-state index in [-0.39, 0.29) is 18.1 Å². The number of hydrogen-bond acceptors (Lipinski definition) is 5. The van der Waals surface area contributed by atoms with Crippen LogP contribution in [0.4, 0.5) is 0 Å². The van der Waals surface area contributed by atoms with Crippen LogP contribution >= 0.6 is 0 Å². The average Bonchev–Trinajstić information content (AvgIpc) is 2.78. The molecule has 2 aliphatic rings. The number of hydrogen-bond donors (Lipinski definition) is 0. The van der Waals surface area contributed by atoms with Crippen molar-refractivity contribution >= 4 is 16.9 Å². The standard InChI is InChI=1S/C25H34N2O4/c1-4-18-14-24(29)31-25-17(2)22(11-10-20(18)25)30-16-23(28)26(3)15-19-8-7-13-27-12-6-5-9-21(19)27/h10-11,14,19,21H,4-9,12-13,15-16H2,1-3H3/t19-,21+/m1/s1. The number of nitrogens with zero attached hydrogens (tertiary/aromatic N) is 2. The summed E-state index contributed by atoms with van der Waals surface area (Å²) in [7, 11) is 1.88. The Morgan fingerprint density at radius 2 is 2.03 bits per heavy atom. The number of aryl methyl sites for hydroxylation is 2. The van der Waals surface area contributed by atoms with E-state index in [4.69, 9.17) is 9.15 Å². The van der Waals surface area contributed by atoms with Gasteiger partial charge in [0.1, 0.15) is 11.3 Å². The molecule has 0 aliphatic carbocycles. The van der Waals surface area contributed by atoms with Crippen molar-refractivity contribution in [1.82, 2.24) is 9.80 Å². The minimum Gasteiger partial charge on any atom is -0.483 e. The SMILES string of the molecule is CCc1cc(=O)oc2c(C)c(OCC(=O)N(C)C[C@H]3CCCN4CCCC[C@@H]34)ccc12. The van der Waals surface area contributed by atoms with Crippen LogP contribution in [0.3, 0.4) is 0 Å². The molecule has 2 atom stereocenters. The molecule has 0 N–H and O–H groups in total. The Bertz CT molecular complexity index is 997. The normalized spacial score (nSPS) is 21.6. The lowest BCUT2D eigenvalue weighted by molar-refractivity contribution is -0.133. The van der Waals surface area contributed by atoms with Crippen molar-refractivity contribution in [2.24, 2.45) is 5.92 Å². The van der Waals surface area contributed by atoms with Gasteiger partial charge in [-0.1, -0.05) is 13.3 Å². The monoisotopic (exact) mass is 426 g/mol. The van der Waals surface area contributed by atoms with E-state index < -0.39 is 0 Å². The lowest BCUT2D eigenvalue weighted by Crippen LogP contribution is -2.51. The first kappa shape index (κ1) is 21.9. The van der Waals surface area contributed by atoms with E-state index in [2.05, 4.69) is 4.90 Å². The zero-order valence-corrected chi connectivity index (χ0v) is 19.0. The third-order valence-electron chi connectivity index (χ3n) is 7.09. The Morgan fingerprint density at radius 1 is 1.23 bits per heavy atom. The molecule has 1 aromatic carbocycles. The number of amides is 1. The first-order valence-electron chi connectivity index (χ1n) is 11.6. The molecule has 31 heavy (non-hydrogen) atoms. The van der Waals surface area contributed by atoms with Crippen molar-refractivity contribution in [3.05, 3.63) is 39.7 Å². The number of carbonyl (C=O) groups is 1. The van der Waals surface area contributed by atoms with E-state index in [1.165, 1.54) is 45.2 Å². The van der Waals surface area contributed by atoms with Gasteiger partial charge in [-0.25, -0.2) is 4.79 Å². The highest BCUT2D eigenvalue weighted by molar-refractivity contribution is 5.85. The molecule has 0 bridgehead atoms. The van der Waals surface area contributed by atoms with E-state index in [1.807, 2.05) is 37.9 Å². The molecule has 0 unspecified atom stereocenters. The highest BCUT2D eigenvalue weighted by Gasteiger charge is 2.34. The van der Waals surface area contributed by atoms with Gasteiger partial charge in [0.15, 0.2) is 6.61 Å². The smallest absolute Gasteiger partial charge is 0.336 e. The quantitative estimate of drug-likeness (QED) is 0.658. The van der Waals surface area contributed by atoms with E-state index in [1.54, 1.807) is 6.07 Å². The van der Waals surface area contributed by atoms with E-state index in [0.717, 1.165) is 29.5 Å². The average molecular weight is 427 g/mol. The van der Waals surface area contributed by atoms with Crippen LogP contribution in [0.25, 0.3) is 11.0 Å². The van der Waals surface area contributed by atoms with Gasteiger partial charge >= 0.3 is 5.63 Å². The van der Waals surface area contributed by atoms with Crippen LogP contribution in [0.5, 0.6) is 5.75 Å². The number of fused-ring (bicyclic) bond motifs is 2. The lowest BCUT2D eigenvalue weighted by atomic mass is 9.83. The van der Waals surface area contributed by atoms with Gasteiger partial charge in [-0.2, -0.15) is 0 Å². The minimum absolute atomic E-state index is 0.0123. The molecule has 2 fully saturated rings. The molecule has 3 heterocycles. The van der Waals surface area contributed by atoms with Crippen molar-refractivity contribution in [3.8, 4) is 5.75 Å². The Labute approximate surface area is 184 Å². The Hall–Kier alpha value is -2.34. The summed E-state index contributed by atoms with van der Waals surface area (Å²) in [6.45, 7) is 7.07. The van der Waals surface area contributed by atoms with Gasteiger partial charge in [0.2, 0.25) is 0 Å². The van der Waals surface area contributed by atoms with Crippen LogP contribution in [0.15, 0.2) is 27.4 Å². The summed E-state index contributed by atoms with van der Waals surface area (Å²) < 4.78 is 11.3. The summed E-state index contributed by atoms with van der Waals surface area (Å²) >= 11 is 0. The summed E-state index contributed by atoms with van der Waals surface area (Å²) in [5.41, 5.74) is 1.90. The number of likely N-dealkylation sites (N-methyl/N-ethyl adjacent to an activating group) is 1. The second-order valence-electron chi connectivity index (χ2n) is 9.07. The summed E-state index contributed by atoms with van der Waals surface area (Å²) in [4.78, 5) is 29.1. The molecule has 0 radical (unpaired) electrons. The van der Waals surface area contributed by atoms with Gasteiger partial charge in [-0.05, 0) is 75.7 Å². The second-order valence-corrected chi connectivity index (χ2v) is 9.07. The van der Waals surface area contributed by atoms with Crippen molar-refractivity contribution < 1.29 is 13.9 Å². The van der Waals surface area contributed by atoms with Gasteiger partial charge in [0.05, 0.1) is 0 Å². The molecule has 2 aromatic rings. The lowest BCUT2D eigenvalue weighted by Gasteiger charge is -2.45. The van der Waals surface area contributed by atoms with Crippen LogP contribution in [0, 0.1) is 12.8 Å². The van der Waals surface area contributed by atoms with Gasteiger partial charge in [0.25, 0.3) is 5.91 Å². The molecule has 1 amide bonds. The third kappa shape index (κ3) is 4.64. The minimum atomic E-state index is -0.357. The summed E-state index contributed by atoms with van der Waals surface area (Å²) in [6, 6.07) is 5.94. The van der Waals surface area contributed by atoms with Gasteiger partial charge in [0, 0.05) is 36.7 Å². The molecule has 0 spiro atoms. The van der Waals surface area contributed by atoms with Crippen LogP contribution in [0.1, 0.15) is 50.2 Å². The fraction of sp³-hybridized carbons (Fsp3) is 0.600. The molecule has 6 nitrogen and oxygen atoms in total. The highest BCUT2D eigenvalue weighted by Crippen LogP contribution is 2.32. The summed E-state index contributed by atoms with van der Waals surface area (Å²) in [5.74, 6) is 1.12. The summed E-state index contributed by atoms with van der Waals surface area (Å²) in [5, 5.41) is 0.921. The maximum Gasteiger partial charge on any atom is 0.336 e. The number of rotatable bonds is 6. The zero-order chi connectivity index (χ0) is 22.0. The molecule has 168 valence electrons. The van der Waals surface area contributed by atoms with E-state index >= 15 is 0 Å². The van der Waals surface area contributed by atoms with Gasteiger partial charge in [-0.15, -0.1) is 0 Å². The highest BCUT2D eigenvalue weighted by atomic mass is 16.5. The van der Waals surface area contributed by atoms with Crippen LogP contribution in [-0.4, -0.2) is 55.0 Å². The maximum atomic E-state index is 12.8. The van der Waals surface area contributed by atoms with Crippen molar-refractivity contribution in [3.63, 3.8) is 0 Å². The molecular formula is C25H34N2O4. The van der Waals surface area contributed by atoms with Gasteiger partial charge in [-0.3, -0.25) is 4.79 Å². The van der Waals surface area contributed by atoms with E-state index in [9.17, 15) is 9.59 Å². The number of piperidine rings is 2. The van der Waals surface area contributed by atoms with E-state index in [0.29, 0.717) is 23.3 Å². The Kier molecular flexibility index (Phi) is 6.65. The largest absolute Gasteiger partial charge is 0.483 e. The fourth-order valence-corrected chi connectivity index (χ4v) is 5.35. The topological polar surface area (TPSA) is 63.0 Å². The van der Waals surface area contributed by atoms with Crippen molar-refractivity contribution in [1.29, 1.82) is 0 Å². The Morgan fingerprint density at radius 3 is 2.84 bits per heavy atom. The number of carbonyl (C=O) groups excluding carboxylic acids is 1. The van der Waals surface area contributed by atoms with Gasteiger partial charge < -0.3 is 19.0 Å². The third-order valence-corrected chi connectivity index (χ3v) is 7.09. The molecule has 4 rings (SSSR count). The van der Waals surface area contributed by atoms with Crippen LogP contribution < -0.4 is 10.4 Å². The first-order valence-corrected chi connectivity index (χ1v) is 11.6. The van der Waals surface area contributed by atoms with Crippen LogP contribution in [-0.2, 0) is 11.2 Å². The first-order chi connectivity index (χ1) is 15.0. The number of benzene rings is 1. The molecular weight excluding hydrogens is 392 g/mol. The predicted molar refractivity (Wildman–Crippen MR) is 122 cm³/mol. The maximum absolute atomic E-state index is 12.8.